The zero-order valence-electron chi connectivity index (χ0n) is 7.58. The Kier molecular flexibility index (Phi) is 4.00. The van der Waals surface area contributed by atoms with Crippen LogP contribution in [-0.4, -0.2) is 9.94 Å². The first-order chi connectivity index (χ1) is 6.09. The van der Waals surface area contributed by atoms with Gasteiger partial charge in [0, 0.05) is 15.7 Å². The molecule has 0 heterocycles. The number of benzene rings is 1. The highest BCUT2D eigenvalue weighted by atomic mass is 79.9. The van der Waals surface area contributed by atoms with Crippen LogP contribution in [0.4, 0.5) is 0 Å². The Hall–Kier alpha value is -0.280. The average molecular weight is 259 g/mol. The molecule has 0 fully saturated rings. The second-order valence-electron chi connectivity index (χ2n) is 2.96. The van der Waals surface area contributed by atoms with Gasteiger partial charge in [-0.1, -0.05) is 13.8 Å². The van der Waals surface area contributed by atoms with Crippen LogP contribution in [0.1, 0.15) is 24.2 Å². The third-order valence-corrected chi connectivity index (χ3v) is 2.93. The molecule has 3 heteroatoms. The maximum Gasteiger partial charge on any atom is 0.228 e. The van der Waals surface area contributed by atoms with E-state index in [0.29, 0.717) is 10.8 Å². The summed E-state index contributed by atoms with van der Waals surface area (Å²) in [6.07, 6.45) is 0. The molecule has 0 aromatic heterocycles. The summed E-state index contributed by atoms with van der Waals surface area (Å²) < 4.78 is -0.0615. The summed E-state index contributed by atoms with van der Waals surface area (Å²) in [6, 6.07) is 7.61. The number of rotatable bonds is 3. The minimum atomic E-state index is -0.0615. The van der Waals surface area contributed by atoms with Crippen molar-refractivity contribution in [2.45, 2.75) is 24.0 Å². The van der Waals surface area contributed by atoms with E-state index in [4.69, 9.17) is 0 Å². The Labute approximate surface area is 91.0 Å². The van der Waals surface area contributed by atoms with E-state index < -0.39 is 0 Å². The Balaban J connectivity index is 2.75. The Bertz CT molecular complexity index is 292. The fraction of sp³-hybridized carbons (Fsp3) is 0.300. The van der Waals surface area contributed by atoms with Crippen molar-refractivity contribution in [3.05, 3.63) is 29.8 Å². The van der Waals surface area contributed by atoms with E-state index in [0.717, 1.165) is 0 Å². The second kappa shape index (κ2) is 4.82. The van der Waals surface area contributed by atoms with Gasteiger partial charge >= 0.3 is 0 Å². The summed E-state index contributed by atoms with van der Waals surface area (Å²) in [5.74, 6) is 0. The van der Waals surface area contributed by atoms with Crippen LogP contribution < -0.4 is 0 Å². The lowest BCUT2D eigenvalue weighted by molar-refractivity contribution is 0.109. The molecule has 0 atom stereocenters. The predicted molar refractivity (Wildman–Crippen MR) is 60.7 cm³/mol. The standard InChI is InChI=1S/C10H11BrOS/c1-7(2)13-9-5-3-8(4-6-9)10(11)12/h3-7H,1-2H3. The molecule has 13 heavy (non-hydrogen) atoms. The van der Waals surface area contributed by atoms with E-state index in [1.54, 1.807) is 11.8 Å². The predicted octanol–water partition coefficient (Wildman–Crippen LogP) is 3.72. The Morgan fingerprint density at radius 3 is 2.23 bits per heavy atom. The van der Waals surface area contributed by atoms with E-state index >= 15 is 0 Å². The van der Waals surface area contributed by atoms with Crippen molar-refractivity contribution < 1.29 is 4.79 Å². The summed E-state index contributed by atoms with van der Waals surface area (Å²) in [5.41, 5.74) is 0.702. The van der Waals surface area contributed by atoms with Crippen molar-refractivity contribution in [2.75, 3.05) is 0 Å². The molecule has 0 aliphatic carbocycles. The van der Waals surface area contributed by atoms with E-state index in [1.165, 1.54) is 4.90 Å². The molecule has 0 aliphatic rings. The maximum absolute atomic E-state index is 10.9. The van der Waals surface area contributed by atoms with Crippen LogP contribution in [0.2, 0.25) is 0 Å². The Morgan fingerprint density at radius 2 is 1.85 bits per heavy atom. The first-order valence-corrected chi connectivity index (χ1v) is 5.73. The SMILES string of the molecule is CC(C)Sc1ccc(C(=O)Br)cc1. The molecule has 1 aromatic rings. The highest BCUT2D eigenvalue weighted by Gasteiger charge is 2.01. The van der Waals surface area contributed by atoms with E-state index in [9.17, 15) is 4.79 Å². The van der Waals surface area contributed by atoms with Gasteiger partial charge < -0.3 is 0 Å². The quantitative estimate of drug-likeness (QED) is 0.607. The lowest BCUT2D eigenvalue weighted by atomic mass is 10.2. The van der Waals surface area contributed by atoms with Crippen molar-refractivity contribution in [3.8, 4) is 0 Å². The van der Waals surface area contributed by atoms with Crippen molar-refractivity contribution in [1.82, 2.24) is 0 Å². The molecular weight excluding hydrogens is 248 g/mol. The third-order valence-electron chi connectivity index (χ3n) is 1.45. The summed E-state index contributed by atoms with van der Waals surface area (Å²) in [6.45, 7) is 4.29. The first kappa shape index (κ1) is 10.8. The fourth-order valence-corrected chi connectivity index (χ4v) is 2.04. The van der Waals surface area contributed by atoms with E-state index in [-0.39, 0.29) is 4.69 Å². The monoisotopic (exact) mass is 258 g/mol. The van der Waals surface area contributed by atoms with Crippen LogP contribution in [0.5, 0.6) is 0 Å². The largest absolute Gasteiger partial charge is 0.281 e. The number of carbonyl (C=O) groups is 1. The number of thioether (sulfide) groups is 1. The first-order valence-electron chi connectivity index (χ1n) is 4.06. The molecule has 0 amide bonds. The molecule has 0 saturated heterocycles. The molecule has 70 valence electrons. The number of carbonyl (C=O) groups excluding carboxylic acids is 1. The van der Waals surface area contributed by atoms with Gasteiger partial charge in [-0.2, -0.15) is 0 Å². The second-order valence-corrected chi connectivity index (χ2v) is 5.33. The Morgan fingerprint density at radius 1 is 1.31 bits per heavy atom. The lowest BCUT2D eigenvalue weighted by Gasteiger charge is -2.04. The van der Waals surface area contributed by atoms with Crippen LogP contribution in [0.15, 0.2) is 29.2 Å². The van der Waals surface area contributed by atoms with Gasteiger partial charge in [-0.15, -0.1) is 11.8 Å². The molecule has 0 saturated carbocycles. The van der Waals surface area contributed by atoms with Gasteiger partial charge in [0.15, 0.2) is 0 Å². The van der Waals surface area contributed by atoms with Gasteiger partial charge in [-0.25, -0.2) is 0 Å². The van der Waals surface area contributed by atoms with Crippen LogP contribution in [0.3, 0.4) is 0 Å². The lowest BCUT2D eigenvalue weighted by Crippen LogP contribution is -1.89. The van der Waals surface area contributed by atoms with Crippen molar-refractivity contribution in [1.29, 1.82) is 0 Å². The maximum atomic E-state index is 10.9. The smallest absolute Gasteiger partial charge is 0.228 e. The summed E-state index contributed by atoms with van der Waals surface area (Å²) >= 11 is 4.70. The van der Waals surface area contributed by atoms with Crippen LogP contribution in [0.25, 0.3) is 0 Å². The van der Waals surface area contributed by atoms with E-state index in [1.807, 2.05) is 24.3 Å². The summed E-state index contributed by atoms with van der Waals surface area (Å²) in [5, 5.41) is 0.575. The molecule has 0 radical (unpaired) electrons. The van der Waals surface area contributed by atoms with Gasteiger partial charge in [0.2, 0.25) is 4.69 Å². The van der Waals surface area contributed by atoms with Crippen LogP contribution in [0, 0.1) is 0 Å². The van der Waals surface area contributed by atoms with E-state index in [2.05, 4.69) is 29.8 Å². The molecule has 0 spiro atoms. The zero-order chi connectivity index (χ0) is 9.84. The normalized spacial score (nSPS) is 10.5. The molecule has 0 unspecified atom stereocenters. The fourth-order valence-electron chi connectivity index (χ4n) is 0.937. The van der Waals surface area contributed by atoms with Crippen LogP contribution >= 0.6 is 27.7 Å². The number of halogens is 1. The molecule has 1 aromatic carbocycles. The molecule has 1 rings (SSSR count). The highest BCUT2D eigenvalue weighted by Crippen LogP contribution is 2.23. The molecule has 0 aliphatic heterocycles. The van der Waals surface area contributed by atoms with Gasteiger partial charge in [0.25, 0.3) is 0 Å². The van der Waals surface area contributed by atoms with Crippen molar-refractivity contribution in [2.24, 2.45) is 0 Å². The minimum Gasteiger partial charge on any atom is -0.281 e. The molecule has 0 N–H and O–H groups in total. The van der Waals surface area contributed by atoms with Gasteiger partial charge in [0.05, 0.1) is 0 Å². The third kappa shape index (κ3) is 3.53. The van der Waals surface area contributed by atoms with Gasteiger partial charge in [-0.3, -0.25) is 4.79 Å². The van der Waals surface area contributed by atoms with Gasteiger partial charge in [-0.05, 0) is 40.2 Å². The summed E-state index contributed by atoms with van der Waals surface area (Å²) in [4.78, 5) is 12.1. The van der Waals surface area contributed by atoms with Crippen molar-refractivity contribution in [3.63, 3.8) is 0 Å². The molecule has 0 bridgehead atoms. The zero-order valence-corrected chi connectivity index (χ0v) is 9.98. The van der Waals surface area contributed by atoms with Gasteiger partial charge in [0.1, 0.15) is 0 Å². The summed E-state index contributed by atoms with van der Waals surface area (Å²) in [7, 11) is 0. The molecular formula is C10H11BrOS. The highest BCUT2D eigenvalue weighted by molar-refractivity contribution is 9.18. The average Bonchev–Trinajstić information content (AvgIpc) is 2.04. The minimum absolute atomic E-state index is 0.0615. The number of hydrogen-bond donors (Lipinski definition) is 0. The number of hydrogen-bond acceptors (Lipinski definition) is 2. The topological polar surface area (TPSA) is 17.1 Å². The van der Waals surface area contributed by atoms with Crippen molar-refractivity contribution >= 4 is 32.4 Å². The van der Waals surface area contributed by atoms with Crippen LogP contribution in [-0.2, 0) is 0 Å². The molecule has 1 nitrogen and oxygen atoms in total.